The largest absolute Gasteiger partial charge is 0.490 e. The van der Waals surface area contributed by atoms with Crippen molar-refractivity contribution in [3.8, 4) is 23.0 Å². The van der Waals surface area contributed by atoms with Gasteiger partial charge in [0.2, 0.25) is 11.7 Å². The van der Waals surface area contributed by atoms with Crippen molar-refractivity contribution >= 4 is 23.9 Å². The van der Waals surface area contributed by atoms with E-state index in [1.165, 1.54) is 12.3 Å². The van der Waals surface area contributed by atoms with Crippen LogP contribution in [0.1, 0.15) is 42.5 Å². The number of ether oxygens (including phenoxy) is 5. The molecule has 4 rings (SSSR count). The summed E-state index contributed by atoms with van der Waals surface area (Å²) in [6.07, 6.45) is 2.95. The molecule has 1 aliphatic rings. The molecule has 0 bridgehead atoms. The van der Waals surface area contributed by atoms with Gasteiger partial charge in [0.05, 0.1) is 26.1 Å². The Morgan fingerprint density at radius 3 is 2.28 bits per heavy atom. The summed E-state index contributed by atoms with van der Waals surface area (Å²) in [5.41, 5.74) is 1.29. The minimum absolute atomic E-state index is 0.0704. The molecule has 186 valence electrons. The number of nitrogens with zero attached hydrogens (tertiary/aromatic N) is 1. The molecular weight excluding hydrogens is 466 g/mol. The molecule has 3 aromatic rings. The second-order valence-electron chi connectivity index (χ2n) is 7.37. The lowest BCUT2D eigenvalue weighted by Gasteiger charge is -2.11. The maximum Gasteiger partial charge on any atom is 0.379 e. The highest BCUT2D eigenvalue weighted by molar-refractivity contribution is 6.13. The van der Waals surface area contributed by atoms with Crippen molar-refractivity contribution in [2.24, 2.45) is 4.99 Å². The highest BCUT2D eigenvalue weighted by atomic mass is 16.6. The van der Waals surface area contributed by atoms with Crippen molar-refractivity contribution in [3.63, 3.8) is 0 Å². The Kier molecular flexibility index (Phi) is 7.69. The number of esters is 2. The summed E-state index contributed by atoms with van der Waals surface area (Å²) < 4.78 is 32.7. The lowest BCUT2D eigenvalue weighted by Crippen LogP contribution is -2.08. The second-order valence-corrected chi connectivity index (χ2v) is 7.37. The van der Waals surface area contributed by atoms with E-state index in [-0.39, 0.29) is 23.1 Å². The average molecular weight is 491 g/mol. The molecule has 36 heavy (non-hydrogen) atoms. The number of cyclic esters (lactones) is 1. The third-order valence-electron chi connectivity index (χ3n) is 4.91. The van der Waals surface area contributed by atoms with Crippen LogP contribution in [0.4, 0.5) is 0 Å². The van der Waals surface area contributed by atoms with Gasteiger partial charge >= 0.3 is 11.9 Å². The molecule has 0 saturated heterocycles. The molecule has 0 saturated carbocycles. The van der Waals surface area contributed by atoms with Crippen LogP contribution >= 0.6 is 0 Å². The standard InChI is InChI=1S/C27H25NO8/c1-4-31-20-12-10-18(16-24(20)33-6-3)25-28-19(26(29)36-25)14-17-9-11-21(23(15-17)32-5-2)35-27(30)22-8-7-13-34-22/h7-16H,4-6H2,1-3H3/b19-14-. The topological polar surface area (TPSA) is 106 Å². The zero-order valence-corrected chi connectivity index (χ0v) is 20.1. The molecule has 0 atom stereocenters. The monoisotopic (exact) mass is 491 g/mol. The Hall–Kier alpha value is -4.53. The predicted octanol–water partition coefficient (Wildman–Crippen LogP) is 5.04. The Bertz CT molecular complexity index is 1310. The first kappa shape index (κ1) is 24.6. The zero-order chi connectivity index (χ0) is 25.5. The Morgan fingerprint density at radius 1 is 0.889 bits per heavy atom. The number of benzene rings is 2. The highest BCUT2D eigenvalue weighted by Crippen LogP contribution is 2.32. The fourth-order valence-electron chi connectivity index (χ4n) is 3.39. The molecule has 0 aliphatic carbocycles. The fraction of sp³-hybridized carbons (Fsp3) is 0.222. The third kappa shape index (κ3) is 5.57. The summed E-state index contributed by atoms with van der Waals surface area (Å²) in [7, 11) is 0. The molecule has 2 heterocycles. The van der Waals surface area contributed by atoms with Crippen LogP contribution in [0.25, 0.3) is 6.08 Å². The first-order chi connectivity index (χ1) is 17.5. The van der Waals surface area contributed by atoms with Gasteiger partial charge in [-0.05, 0) is 74.9 Å². The van der Waals surface area contributed by atoms with E-state index in [2.05, 4.69) is 4.99 Å². The smallest absolute Gasteiger partial charge is 0.379 e. The van der Waals surface area contributed by atoms with Gasteiger partial charge < -0.3 is 28.1 Å². The Labute approximate surface area is 207 Å². The molecule has 0 radical (unpaired) electrons. The second kappa shape index (κ2) is 11.3. The quantitative estimate of drug-likeness (QED) is 0.221. The summed E-state index contributed by atoms with van der Waals surface area (Å²) in [5.74, 6) is 0.664. The van der Waals surface area contributed by atoms with Gasteiger partial charge in [-0.15, -0.1) is 0 Å². The molecule has 2 aromatic carbocycles. The minimum atomic E-state index is -0.651. The van der Waals surface area contributed by atoms with Gasteiger partial charge in [-0.3, -0.25) is 0 Å². The van der Waals surface area contributed by atoms with Crippen LogP contribution in [0.2, 0.25) is 0 Å². The van der Waals surface area contributed by atoms with E-state index in [0.717, 1.165) is 0 Å². The fourth-order valence-corrected chi connectivity index (χ4v) is 3.39. The van der Waals surface area contributed by atoms with E-state index in [1.54, 1.807) is 48.5 Å². The number of rotatable bonds is 10. The predicted molar refractivity (Wildman–Crippen MR) is 131 cm³/mol. The van der Waals surface area contributed by atoms with Crippen LogP contribution in [0.3, 0.4) is 0 Å². The van der Waals surface area contributed by atoms with Gasteiger partial charge in [0, 0.05) is 5.56 Å². The highest BCUT2D eigenvalue weighted by Gasteiger charge is 2.25. The molecule has 9 heteroatoms. The molecule has 0 fully saturated rings. The maximum absolute atomic E-state index is 12.5. The lowest BCUT2D eigenvalue weighted by atomic mass is 10.1. The molecule has 0 unspecified atom stereocenters. The first-order valence-electron chi connectivity index (χ1n) is 11.5. The SMILES string of the molecule is CCOc1ccc(C2=N/C(=C\c3ccc(OC(=O)c4ccco4)c(OCC)c3)C(=O)O2)cc1OCC. The molecule has 1 aliphatic heterocycles. The van der Waals surface area contributed by atoms with Crippen molar-refractivity contribution in [1.82, 2.24) is 0 Å². The van der Waals surface area contributed by atoms with Gasteiger partial charge in [-0.2, -0.15) is 0 Å². The molecule has 1 aromatic heterocycles. The number of aliphatic imine (C=N–C) groups is 1. The number of carbonyl (C=O) groups is 2. The van der Waals surface area contributed by atoms with Crippen LogP contribution in [0.15, 0.2) is 69.9 Å². The number of furan rings is 1. The number of hydrogen-bond donors (Lipinski definition) is 0. The van der Waals surface area contributed by atoms with Crippen molar-refractivity contribution in [2.75, 3.05) is 19.8 Å². The van der Waals surface area contributed by atoms with Crippen molar-refractivity contribution in [1.29, 1.82) is 0 Å². The number of carbonyl (C=O) groups excluding carboxylic acids is 2. The van der Waals surface area contributed by atoms with E-state index in [4.69, 9.17) is 28.1 Å². The lowest BCUT2D eigenvalue weighted by molar-refractivity contribution is -0.129. The van der Waals surface area contributed by atoms with Gasteiger partial charge in [0.15, 0.2) is 28.7 Å². The van der Waals surface area contributed by atoms with E-state index >= 15 is 0 Å². The molecular formula is C27H25NO8. The average Bonchev–Trinajstić information content (AvgIpc) is 3.53. The number of hydrogen-bond acceptors (Lipinski definition) is 9. The summed E-state index contributed by atoms with van der Waals surface area (Å²) in [4.78, 5) is 29.1. The normalized spacial score (nSPS) is 13.8. The maximum atomic E-state index is 12.5. The Balaban J connectivity index is 1.59. The third-order valence-corrected chi connectivity index (χ3v) is 4.91. The van der Waals surface area contributed by atoms with Crippen LogP contribution in [0.5, 0.6) is 23.0 Å². The van der Waals surface area contributed by atoms with Crippen LogP contribution < -0.4 is 18.9 Å². The summed E-state index contributed by atoms with van der Waals surface area (Å²) in [6, 6.07) is 13.2. The van der Waals surface area contributed by atoms with Gasteiger partial charge in [0.1, 0.15) is 0 Å². The first-order valence-corrected chi connectivity index (χ1v) is 11.5. The summed E-state index contributed by atoms with van der Waals surface area (Å²) in [6.45, 7) is 6.85. The summed E-state index contributed by atoms with van der Waals surface area (Å²) in [5, 5.41) is 0. The van der Waals surface area contributed by atoms with Gasteiger partial charge in [0.25, 0.3) is 0 Å². The van der Waals surface area contributed by atoms with E-state index < -0.39 is 11.9 Å². The molecule has 0 spiro atoms. The van der Waals surface area contributed by atoms with E-state index in [0.29, 0.717) is 48.2 Å². The van der Waals surface area contributed by atoms with E-state index in [9.17, 15) is 9.59 Å². The van der Waals surface area contributed by atoms with E-state index in [1.807, 2.05) is 20.8 Å². The summed E-state index contributed by atoms with van der Waals surface area (Å²) >= 11 is 0. The van der Waals surface area contributed by atoms with Crippen molar-refractivity contribution in [3.05, 3.63) is 77.4 Å². The Morgan fingerprint density at radius 2 is 1.58 bits per heavy atom. The van der Waals surface area contributed by atoms with Gasteiger partial charge in [-0.25, -0.2) is 14.6 Å². The van der Waals surface area contributed by atoms with Crippen LogP contribution in [0, 0.1) is 0 Å². The van der Waals surface area contributed by atoms with Crippen LogP contribution in [-0.4, -0.2) is 37.7 Å². The molecule has 0 amide bonds. The van der Waals surface area contributed by atoms with Gasteiger partial charge in [-0.1, -0.05) is 6.07 Å². The van der Waals surface area contributed by atoms with Crippen molar-refractivity contribution in [2.45, 2.75) is 20.8 Å². The molecule has 0 N–H and O–H groups in total. The van der Waals surface area contributed by atoms with Crippen LogP contribution in [-0.2, 0) is 9.53 Å². The zero-order valence-electron chi connectivity index (χ0n) is 20.1. The molecule has 9 nitrogen and oxygen atoms in total. The minimum Gasteiger partial charge on any atom is -0.490 e. The van der Waals surface area contributed by atoms with Crippen molar-refractivity contribution < 1.29 is 37.7 Å².